The smallest absolute Gasteiger partial charge is 0.254 e. The van der Waals surface area contributed by atoms with Crippen molar-refractivity contribution in [3.8, 4) is 0 Å². The number of carbonyl (C=O) groups excluding carboxylic acids is 2. The van der Waals surface area contributed by atoms with Crippen LogP contribution in [0.4, 0.5) is 5.13 Å². The maximum atomic E-state index is 12.0. The van der Waals surface area contributed by atoms with Gasteiger partial charge in [-0.25, -0.2) is 4.98 Å². The zero-order valence-corrected chi connectivity index (χ0v) is 15.3. The predicted octanol–water partition coefficient (Wildman–Crippen LogP) is 3.74. The fourth-order valence-corrected chi connectivity index (χ4v) is 3.34. The van der Waals surface area contributed by atoms with Crippen molar-refractivity contribution in [1.29, 1.82) is 0 Å². The molecule has 8 heteroatoms. The first-order chi connectivity index (χ1) is 12.6. The molecular weight excluding hydrogens is 374 g/mol. The summed E-state index contributed by atoms with van der Waals surface area (Å²) in [5.74, 6) is -0.481. The molecule has 0 atom stereocenters. The van der Waals surface area contributed by atoms with E-state index in [0.717, 1.165) is 10.4 Å². The summed E-state index contributed by atoms with van der Waals surface area (Å²) in [7, 11) is 0. The van der Waals surface area contributed by atoms with Gasteiger partial charge in [-0.3, -0.25) is 9.59 Å². The third-order valence-corrected chi connectivity index (χ3v) is 4.64. The predicted molar refractivity (Wildman–Crippen MR) is 101 cm³/mol. The third kappa shape index (κ3) is 5.18. The highest BCUT2D eigenvalue weighted by Crippen LogP contribution is 2.22. The van der Waals surface area contributed by atoms with Gasteiger partial charge in [0.1, 0.15) is 6.26 Å². The standard InChI is InChI=1S/C18H16ClN3O3S/c19-14-3-1-2-12(8-14)9-15-10-21-18(26-15)22-16(23)4-6-20-17(24)13-5-7-25-11-13/h1-3,5,7-8,10-11H,4,6,9H2,(H,20,24)(H,21,22,23). The van der Waals surface area contributed by atoms with E-state index in [9.17, 15) is 9.59 Å². The highest BCUT2D eigenvalue weighted by Gasteiger charge is 2.10. The average molecular weight is 390 g/mol. The Morgan fingerprint density at radius 1 is 1.27 bits per heavy atom. The normalized spacial score (nSPS) is 10.5. The summed E-state index contributed by atoms with van der Waals surface area (Å²) >= 11 is 7.40. The van der Waals surface area contributed by atoms with Crippen molar-refractivity contribution < 1.29 is 14.0 Å². The Labute approximate surface area is 159 Å². The van der Waals surface area contributed by atoms with Crippen LogP contribution in [-0.4, -0.2) is 23.3 Å². The van der Waals surface area contributed by atoms with E-state index < -0.39 is 0 Å². The molecule has 1 aromatic carbocycles. The third-order valence-electron chi connectivity index (χ3n) is 3.49. The van der Waals surface area contributed by atoms with E-state index in [2.05, 4.69) is 15.6 Å². The highest BCUT2D eigenvalue weighted by molar-refractivity contribution is 7.15. The molecule has 6 nitrogen and oxygen atoms in total. The van der Waals surface area contributed by atoms with E-state index in [1.807, 2.05) is 24.3 Å². The second-order valence-corrected chi connectivity index (χ2v) is 7.06. The van der Waals surface area contributed by atoms with Crippen LogP contribution >= 0.6 is 22.9 Å². The summed E-state index contributed by atoms with van der Waals surface area (Å²) in [4.78, 5) is 28.9. The molecule has 0 aliphatic carbocycles. The zero-order valence-electron chi connectivity index (χ0n) is 13.7. The number of hydrogen-bond donors (Lipinski definition) is 2. The van der Waals surface area contributed by atoms with E-state index in [0.29, 0.717) is 22.1 Å². The second kappa shape index (κ2) is 8.64. The number of anilines is 1. The number of amides is 2. The van der Waals surface area contributed by atoms with Crippen LogP contribution in [0.3, 0.4) is 0 Å². The lowest BCUT2D eigenvalue weighted by Gasteiger charge is -2.03. The largest absolute Gasteiger partial charge is 0.472 e. The van der Waals surface area contributed by atoms with Gasteiger partial charge in [-0.15, -0.1) is 11.3 Å². The summed E-state index contributed by atoms with van der Waals surface area (Å²) in [6.45, 7) is 0.233. The molecule has 0 saturated carbocycles. The Morgan fingerprint density at radius 3 is 2.92 bits per heavy atom. The van der Waals surface area contributed by atoms with Crippen LogP contribution in [0.2, 0.25) is 5.02 Å². The molecule has 0 aliphatic heterocycles. The summed E-state index contributed by atoms with van der Waals surface area (Å²) in [6.07, 6.45) is 5.38. The number of rotatable bonds is 7. The number of hydrogen-bond acceptors (Lipinski definition) is 5. The van der Waals surface area contributed by atoms with Crippen molar-refractivity contribution in [2.45, 2.75) is 12.8 Å². The fourth-order valence-electron chi connectivity index (χ4n) is 2.26. The van der Waals surface area contributed by atoms with Crippen LogP contribution in [-0.2, 0) is 11.2 Å². The van der Waals surface area contributed by atoms with Crippen molar-refractivity contribution in [2.75, 3.05) is 11.9 Å². The first kappa shape index (κ1) is 18.2. The van der Waals surface area contributed by atoms with E-state index in [-0.39, 0.29) is 24.8 Å². The fraction of sp³-hybridized carbons (Fsp3) is 0.167. The van der Waals surface area contributed by atoms with Crippen molar-refractivity contribution in [3.63, 3.8) is 0 Å². The van der Waals surface area contributed by atoms with E-state index >= 15 is 0 Å². The maximum absolute atomic E-state index is 12.0. The Hall–Kier alpha value is -2.64. The van der Waals surface area contributed by atoms with Gasteiger partial charge >= 0.3 is 0 Å². The van der Waals surface area contributed by atoms with Crippen molar-refractivity contribution in [1.82, 2.24) is 10.3 Å². The first-order valence-corrected chi connectivity index (χ1v) is 9.09. The first-order valence-electron chi connectivity index (χ1n) is 7.89. The number of thiazole rings is 1. The van der Waals surface area contributed by atoms with Gasteiger partial charge in [0.15, 0.2) is 5.13 Å². The van der Waals surface area contributed by atoms with Gasteiger partial charge in [-0.2, -0.15) is 0 Å². The number of nitrogens with zero attached hydrogens (tertiary/aromatic N) is 1. The van der Waals surface area contributed by atoms with Gasteiger partial charge in [-0.05, 0) is 23.8 Å². The van der Waals surface area contributed by atoms with Crippen LogP contribution in [0.5, 0.6) is 0 Å². The van der Waals surface area contributed by atoms with E-state index in [4.69, 9.17) is 16.0 Å². The Balaban J connectivity index is 1.44. The molecule has 3 aromatic rings. The van der Waals surface area contributed by atoms with Crippen LogP contribution < -0.4 is 10.6 Å². The Kier molecular flexibility index (Phi) is 6.04. The number of halogens is 1. The van der Waals surface area contributed by atoms with Crippen LogP contribution in [0.1, 0.15) is 27.2 Å². The van der Waals surface area contributed by atoms with Gasteiger partial charge < -0.3 is 15.1 Å². The summed E-state index contributed by atoms with van der Waals surface area (Å²) < 4.78 is 4.84. The SMILES string of the molecule is O=C(CCNC(=O)c1ccoc1)Nc1ncc(Cc2cccc(Cl)c2)s1. The molecule has 2 heterocycles. The number of carbonyl (C=O) groups is 2. The van der Waals surface area contributed by atoms with Crippen molar-refractivity contribution in [2.24, 2.45) is 0 Å². The Bertz CT molecular complexity index is 893. The molecule has 0 fully saturated rings. The quantitative estimate of drug-likeness (QED) is 0.644. The molecule has 0 aliphatic rings. The van der Waals surface area contributed by atoms with Gasteiger partial charge in [-0.1, -0.05) is 23.7 Å². The molecule has 0 spiro atoms. The topological polar surface area (TPSA) is 84.2 Å². The lowest BCUT2D eigenvalue weighted by atomic mass is 10.1. The molecule has 2 amide bonds. The molecule has 0 radical (unpaired) electrons. The molecule has 26 heavy (non-hydrogen) atoms. The van der Waals surface area contributed by atoms with E-state index in [1.165, 1.54) is 23.9 Å². The lowest BCUT2D eigenvalue weighted by molar-refractivity contribution is -0.116. The molecular formula is C18H16ClN3O3S. The van der Waals surface area contributed by atoms with Crippen LogP contribution in [0, 0.1) is 0 Å². The number of aromatic nitrogens is 1. The summed E-state index contributed by atoms with van der Waals surface area (Å²) in [6, 6.07) is 9.19. The lowest BCUT2D eigenvalue weighted by Crippen LogP contribution is -2.27. The van der Waals surface area contributed by atoms with Crippen LogP contribution in [0.25, 0.3) is 0 Å². The van der Waals surface area contributed by atoms with Gasteiger partial charge in [0.2, 0.25) is 5.91 Å². The second-order valence-electron chi connectivity index (χ2n) is 5.50. The van der Waals surface area contributed by atoms with Crippen molar-refractivity contribution >= 4 is 39.9 Å². The van der Waals surface area contributed by atoms with Gasteiger partial charge in [0, 0.05) is 35.5 Å². The average Bonchev–Trinajstić information content (AvgIpc) is 3.27. The summed E-state index contributed by atoms with van der Waals surface area (Å²) in [5.41, 5.74) is 1.51. The maximum Gasteiger partial charge on any atom is 0.254 e. The number of benzene rings is 1. The highest BCUT2D eigenvalue weighted by atomic mass is 35.5. The summed E-state index contributed by atoms with van der Waals surface area (Å²) in [5, 5.41) is 6.62. The minimum absolute atomic E-state index is 0.160. The minimum atomic E-state index is -0.274. The molecule has 134 valence electrons. The minimum Gasteiger partial charge on any atom is -0.472 e. The number of furan rings is 1. The molecule has 3 rings (SSSR count). The van der Waals surface area contributed by atoms with Gasteiger partial charge in [0.25, 0.3) is 5.91 Å². The van der Waals surface area contributed by atoms with E-state index in [1.54, 1.807) is 12.3 Å². The molecule has 2 aromatic heterocycles. The van der Waals surface area contributed by atoms with Crippen LogP contribution in [0.15, 0.2) is 53.5 Å². The Morgan fingerprint density at radius 2 is 2.15 bits per heavy atom. The molecule has 0 bridgehead atoms. The monoisotopic (exact) mass is 389 g/mol. The van der Waals surface area contributed by atoms with Gasteiger partial charge in [0.05, 0.1) is 11.8 Å². The van der Waals surface area contributed by atoms with Crippen molar-refractivity contribution in [3.05, 3.63) is 70.1 Å². The molecule has 0 unspecified atom stereocenters. The molecule has 2 N–H and O–H groups in total. The number of nitrogens with one attached hydrogen (secondary N) is 2. The molecule has 0 saturated heterocycles. The zero-order chi connectivity index (χ0) is 18.4.